The van der Waals surface area contributed by atoms with Crippen molar-refractivity contribution in [3.8, 4) is 5.75 Å². The number of hydrogen-bond acceptors (Lipinski definition) is 4. The average Bonchev–Trinajstić information content (AvgIpc) is 2.79. The molecule has 0 bridgehead atoms. The van der Waals surface area contributed by atoms with Crippen molar-refractivity contribution in [1.82, 2.24) is 0 Å². The number of aromatic carboxylic acids is 1. The average molecular weight is 279 g/mol. The lowest BCUT2D eigenvalue weighted by Gasteiger charge is -2.07. The van der Waals surface area contributed by atoms with E-state index in [1.165, 1.54) is 25.3 Å². The standard InChI is InChI=1S/C14H14FNO4/c1-8-11(14(17)18)6-10(20-8)7-16-9-3-4-12(15)13(5-9)19-2/h3-6,16H,7H2,1-2H3,(H,17,18). The number of halogens is 1. The molecule has 0 atom stereocenters. The van der Waals surface area contributed by atoms with Gasteiger partial charge in [-0.2, -0.15) is 0 Å². The van der Waals surface area contributed by atoms with Crippen molar-refractivity contribution in [1.29, 1.82) is 0 Å². The summed E-state index contributed by atoms with van der Waals surface area (Å²) in [6.45, 7) is 1.89. The molecule has 5 nitrogen and oxygen atoms in total. The highest BCUT2D eigenvalue weighted by molar-refractivity contribution is 5.88. The van der Waals surface area contributed by atoms with Crippen LogP contribution in [0.4, 0.5) is 10.1 Å². The molecule has 0 unspecified atom stereocenters. The third kappa shape index (κ3) is 2.90. The summed E-state index contributed by atoms with van der Waals surface area (Å²) in [5.41, 5.74) is 0.785. The molecule has 0 saturated heterocycles. The van der Waals surface area contributed by atoms with Crippen LogP contribution in [0.15, 0.2) is 28.7 Å². The summed E-state index contributed by atoms with van der Waals surface area (Å²) in [7, 11) is 1.39. The van der Waals surface area contributed by atoms with Gasteiger partial charge in [-0.3, -0.25) is 0 Å². The Kier molecular flexibility index (Phi) is 3.93. The van der Waals surface area contributed by atoms with Gasteiger partial charge in [0.1, 0.15) is 17.1 Å². The molecule has 0 spiro atoms. The fraction of sp³-hybridized carbons (Fsp3) is 0.214. The molecule has 20 heavy (non-hydrogen) atoms. The molecule has 0 aliphatic carbocycles. The van der Waals surface area contributed by atoms with Gasteiger partial charge in [0, 0.05) is 11.8 Å². The lowest BCUT2D eigenvalue weighted by Crippen LogP contribution is -1.99. The Labute approximate surface area is 115 Å². The fourth-order valence-electron chi connectivity index (χ4n) is 1.80. The first-order valence-electron chi connectivity index (χ1n) is 5.91. The maximum Gasteiger partial charge on any atom is 0.339 e. The van der Waals surface area contributed by atoms with Crippen molar-refractivity contribution in [3.05, 3.63) is 47.2 Å². The quantitative estimate of drug-likeness (QED) is 0.880. The van der Waals surface area contributed by atoms with Crippen LogP contribution in [0.1, 0.15) is 21.9 Å². The number of carbonyl (C=O) groups is 1. The van der Waals surface area contributed by atoms with Gasteiger partial charge in [-0.15, -0.1) is 0 Å². The van der Waals surface area contributed by atoms with Crippen molar-refractivity contribution in [2.75, 3.05) is 12.4 Å². The van der Waals surface area contributed by atoms with Gasteiger partial charge >= 0.3 is 5.97 Å². The summed E-state index contributed by atoms with van der Waals surface area (Å²) >= 11 is 0. The Hall–Kier alpha value is -2.50. The van der Waals surface area contributed by atoms with E-state index in [1.807, 2.05) is 0 Å². The third-order valence-corrected chi connectivity index (χ3v) is 2.82. The van der Waals surface area contributed by atoms with E-state index in [0.29, 0.717) is 23.8 Å². The van der Waals surface area contributed by atoms with Gasteiger partial charge in [0.05, 0.1) is 13.7 Å². The molecule has 0 aliphatic rings. The minimum Gasteiger partial charge on any atom is -0.494 e. The number of methoxy groups -OCH3 is 1. The molecular formula is C14H14FNO4. The number of hydrogen-bond donors (Lipinski definition) is 2. The second kappa shape index (κ2) is 5.64. The van der Waals surface area contributed by atoms with E-state index in [9.17, 15) is 9.18 Å². The molecule has 0 fully saturated rings. The summed E-state index contributed by atoms with van der Waals surface area (Å²) < 4.78 is 23.4. The van der Waals surface area contributed by atoms with Crippen LogP contribution in [-0.4, -0.2) is 18.2 Å². The van der Waals surface area contributed by atoms with Gasteiger partial charge in [-0.1, -0.05) is 0 Å². The van der Waals surface area contributed by atoms with Gasteiger partial charge in [0.2, 0.25) is 0 Å². The van der Waals surface area contributed by atoms with Crippen molar-refractivity contribution in [3.63, 3.8) is 0 Å². The highest BCUT2D eigenvalue weighted by Crippen LogP contribution is 2.22. The first-order valence-corrected chi connectivity index (χ1v) is 5.91. The van der Waals surface area contributed by atoms with Gasteiger partial charge in [0.15, 0.2) is 11.6 Å². The molecule has 1 heterocycles. The zero-order valence-electron chi connectivity index (χ0n) is 11.1. The Bertz CT molecular complexity index is 636. The number of nitrogens with one attached hydrogen (secondary N) is 1. The highest BCUT2D eigenvalue weighted by Gasteiger charge is 2.13. The molecule has 2 aromatic rings. The zero-order valence-corrected chi connectivity index (χ0v) is 11.1. The lowest BCUT2D eigenvalue weighted by molar-refractivity contribution is 0.0695. The second-order valence-electron chi connectivity index (χ2n) is 4.19. The van der Waals surface area contributed by atoms with Crippen LogP contribution in [0.25, 0.3) is 0 Å². The van der Waals surface area contributed by atoms with Crippen molar-refractivity contribution < 1.29 is 23.4 Å². The van der Waals surface area contributed by atoms with Crippen LogP contribution in [0.5, 0.6) is 5.75 Å². The number of furan rings is 1. The molecule has 2 rings (SSSR count). The van der Waals surface area contributed by atoms with E-state index in [1.54, 1.807) is 13.0 Å². The molecule has 2 N–H and O–H groups in total. The monoisotopic (exact) mass is 279 g/mol. The van der Waals surface area contributed by atoms with E-state index < -0.39 is 11.8 Å². The molecule has 0 radical (unpaired) electrons. The minimum atomic E-state index is -1.03. The van der Waals surface area contributed by atoms with Crippen LogP contribution in [0.2, 0.25) is 0 Å². The van der Waals surface area contributed by atoms with E-state index in [4.69, 9.17) is 14.3 Å². The summed E-state index contributed by atoms with van der Waals surface area (Å²) in [5.74, 6) is -0.493. The first-order chi connectivity index (χ1) is 9.51. The molecule has 0 aliphatic heterocycles. The Morgan fingerprint density at radius 1 is 1.45 bits per heavy atom. The van der Waals surface area contributed by atoms with Crippen LogP contribution in [0.3, 0.4) is 0 Å². The smallest absolute Gasteiger partial charge is 0.339 e. The van der Waals surface area contributed by atoms with Crippen LogP contribution >= 0.6 is 0 Å². The van der Waals surface area contributed by atoms with Crippen molar-refractivity contribution in [2.24, 2.45) is 0 Å². The van der Waals surface area contributed by atoms with E-state index in [2.05, 4.69) is 5.32 Å². The summed E-state index contributed by atoms with van der Waals surface area (Å²) in [6, 6.07) is 5.83. The molecule has 6 heteroatoms. The maximum absolute atomic E-state index is 13.2. The summed E-state index contributed by atoms with van der Waals surface area (Å²) in [4.78, 5) is 10.9. The number of ether oxygens (including phenoxy) is 1. The Morgan fingerprint density at radius 2 is 2.20 bits per heavy atom. The number of carboxylic acid groups (broad SMARTS) is 1. The predicted molar refractivity (Wildman–Crippen MR) is 70.7 cm³/mol. The van der Waals surface area contributed by atoms with Gasteiger partial charge < -0.3 is 19.6 Å². The maximum atomic E-state index is 13.2. The number of rotatable bonds is 5. The molecule has 106 valence electrons. The second-order valence-corrected chi connectivity index (χ2v) is 4.19. The highest BCUT2D eigenvalue weighted by atomic mass is 19.1. The van der Waals surface area contributed by atoms with Crippen LogP contribution < -0.4 is 10.1 Å². The molecule has 1 aromatic carbocycles. The van der Waals surface area contributed by atoms with E-state index in [-0.39, 0.29) is 11.3 Å². The van der Waals surface area contributed by atoms with Crippen LogP contribution in [0, 0.1) is 12.7 Å². The van der Waals surface area contributed by atoms with E-state index in [0.717, 1.165) is 0 Å². The normalized spacial score (nSPS) is 10.3. The molecule has 0 saturated carbocycles. The minimum absolute atomic E-state index is 0.136. The number of aryl methyl sites for hydroxylation is 1. The largest absolute Gasteiger partial charge is 0.494 e. The number of carboxylic acids is 1. The van der Waals surface area contributed by atoms with E-state index >= 15 is 0 Å². The SMILES string of the molecule is COc1cc(NCc2cc(C(=O)O)c(C)o2)ccc1F. The predicted octanol–water partition coefficient (Wildman–Crippen LogP) is 3.05. The lowest BCUT2D eigenvalue weighted by atomic mass is 10.2. The fourth-order valence-corrected chi connectivity index (χ4v) is 1.80. The van der Waals surface area contributed by atoms with Gasteiger partial charge in [0.25, 0.3) is 0 Å². The Balaban J connectivity index is 2.09. The third-order valence-electron chi connectivity index (χ3n) is 2.82. The zero-order chi connectivity index (χ0) is 14.7. The molecule has 0 amide bonds. The van der Waals surface area contributed by atoms with Crippen molar-refractivity contribution >= 4 is 11.7 Å². The molecular weight excluding hydrogens is 265 g/mol. The van der Waals surface area contributed by atoms with Gasteiger partial charge in [-0.05, 0) is 25.1 Å². The first kappa shape index (κ1) is 13.9. The van der Waals surface area contributed by atoms with Crippen molar-refractivity contribution in [2.45, 2.75) is 13.5 Å². The Morgan fingerprint density at radius 3 is 2.80 bits per heavy atom. The molecule has 1 aromatic heterocycles. The van der Waals surface area contributed by atoms with Crippen LogP contribution in [-0.2, 0) is 6.54 Å². The summed E-state index contributed by atoms with van der Waals surface area (Å²) in [5, 5.41) is 11.9. The number of anilines is 1. The topological polar surface area (TPSA) is 71.7 Å². The number of benzene rings is 1. The summed E-state index contributed by atoms with van der Waals surface area (Å²) in [6.07, 6.45) is 0. The van der Waals surface area contributed by atoms with Gasteiger partial charge in [-0.25, -0.2) is 9.18 Å².